The fourth-order valence-corrected chi connectivity index (χ4v) is 2.94. The van der Waals surface area contributed by atoms with Crippen LogP contribution < -0.4 is 10.1 Å². The third kappa shape index (κ3) is 6.00. The highest BCUT2D eigenvalue weighted by atomic mass is 32.1. The minimum Gasteiger partial charge on any atom is -0.491 e. The van der Waals surface area contributed by atoms with E-state index >= 15 is 0 Å². The van der Waals surface area contributed by atoms with Crippen LogP contribution in [0, 0.1) is 0 Å². The van der Waals surface area contributed by atoms with Crippen LogP contribution in [0.4, 0.5) is 5.69 Å². The smallest absolute Gasteiger partial charge is 0.230 e. The molecule has 0 aliphatic rings. The molecule has 0 spiro atoms. The van der Waals surface area contributed by atoms with Crippen LogP contribution in [0.2, 0.25) is 0 Å². The van der Waals surface area contributed by atoms with Gasteiger partial charge in [-0.1, -0.05) is 0 Å². The van der Waals surface area contributed by atoms with Crippen LogP contribution in [0.25, 0.3) is 0 Å². The topological polar surface area (TPSA) is 54.5 Å². The number of rotatable bonds is 7. The summed E-state index contributed by atoms with van der Waals surface area (Å²) < 4.78 is 5.58. The summed E-state index contributed by atoms with van der Waals surface area (Å²) in [7, 11) is 4.00. The highest BCUT2D eigenvalue weighted by Crippen LogP contribution is 2.17. The van der Waals surface area contributed by atoms with Gasteiger partial charge in [-0.25, -0.2) is 4.98 Å². The molecule has 1 heterocycles. The maximum atomic E-state index is 12.1. The van der Waals surface area contributed by atoms with Crippen LogP contribution in [0.3, 0.4) is 0 Å². The molecule has 0 bridgehead atoms. The maximum absolute atomic E-state index is 12.1. The molecule has 23 heavy (non-hydrogen) atoms. The first-order chi connectivity index (χ1) is 10.9. The minimum atomic E-state index is -0.0655. The second-order valence-corrected chi connectivity index (χ2v) is 6.83. The van der Waals surface area contributed by atoms with Crippen LogP contribution >= 0.6 is 11.3 Å². The summed E-state index contributed by atoms with van der Waals surface area (Å²) in [5.41, 5.74) is 1.57. The van der Waals surface area contributed by atoms with Gasteiger partial charge in [-0.05, 0) is 52.2 Å². The molecule has 1 aromatic carbocycles. The van der Waals surface area contributed by atoms with Crippen molar-refractivity contribution in [3.8, 4) is 5.75 Å². The molecule has 1 amide bonds. The number of anilines is 1. The van der Waals surface area contributed by atoms with E-state index in [4.69, 9.17) is 4.74 Å². The van der Waals surface area contributed by atoms with E-state index in [-0.39, 0.29) is 18.4 Å². The molecule has 1 N–H and O–H groups in total. The molecule has 6 heteroatoms. The molecule has 0 unspecified atom stereocenters. The van der Waals surface area contributed by atoms with Crippen LogP contribution in [0.1, 0.15) is 24.5 Å². The Morgan fingerprint density at radius 3 is 2.61 bits per heavy atom. The van der Waals surface area contributed by atoms with Gasteiger partial charge in [0.15, 0.2) is 0 Å². The Kier molecular flexibility index (Phi) is 6.12. The Hall–Kier alpha value is -1.92. The molecule has 2 aromatic rings. The van der Waals surface area contributed by atoms with Gasteiger partial charge < -0.3 is 15.0 Å². The number of ether oxygens (including phenoxy) is 1. The van der Waals surface area contributed by atoms with E-state index in [0.717, 1.165) is 28.7 Å². The number of nitrogens with zero attached hydrogens (tertiary/aromatic N) is 2. The standard InChI is InChI=1S/C17H23N3O2S/c1-12(2)22-15-7-5-13(6-8-15)18-16(21)9-14-11-23-17(19-14)10-20(3)4/h5-8,11-12H,9-10H2,1-4H3,(H,18,21). The molecule has 0 fully saturated rings. The van der Waals surface area contributed by atoms with Crippen molar-refractivity contribution in [3.63, 3.8) is 0 Å². The lowest BCUT2D eigenvalue weighted by molar-refractivity contribution is -0.115. The second-order valence-electron chi connectivity index (χ2n) is 5.89. The first kappa shape index (κ1) is 17.4. The summed E-state index contributed by atoms with van der Waals surface area (Å²) in [6.45, 7) is 4.76. The number of nitrogens with one attached hydrogen (secondary N) is 1. The van der Waals surface area contributed by atoms with E-state index in [0.29, 0.717) is 0 Å². The lowest BCUT2D eigenvalue weighted by Gasteiger charge is -2.10. The number of aromatic nitrogens is 1. The first-order valence-corrected chi connectivity index (χ1v) is 8.45. The lowest BCUT2D eigenvalue weighted by Crippen LogP contribution is -2.15. The molecule has 0 aliphatic heterocycles. The van der Waals surface area contributed by atoms with Gasteiger partial charge in [-0.3, -0.25) is 4.79 Å². The lowest BCUT2D eigenvalue weighted by atomic mass is 10.2. The predicted octanol–water partition coefficient (Wildman–Crippen LogP) is 3.17. The fourth-order valence-electron chi connectivity index (χ4n) is 2.03. The summed E-state index contributed by atoms with van der Waals surface area (Å²) in [6, 6.07) is 7.39. The minimum absolute atomic E-state index is 0.0655. The third-order valence-corrected chi connectivity index (χ3v) is 3.78. The van der Waals surface area contributed by atoms with Crippen LogP contribution in [0.15, 0.2) is 29.6 Å². The molecule has 0 radical (unpaired) electrons. The largest absolute Gasteiger partial charge is 0.491 e. The third-order valence-electron chi connectivity index (χ3n) is 2.90. The van der Waals surface area contributed by atoms with E-state index in [1.54, 1.807) is 11.3 Å². The quantitative estimate of drug-likeness (QED) is 0.845. The van der Waals surface area contributed by atoms with Gasteiger partial charge >= 0.3 is 0 Å². The number of hydrogen-bond donors (Lipinski definition) is 1. The molecule has 0 atom stereocenters. The van der Waals surface area contributed by atoms with Crippen molar-refractivity contribution >= 4 is 22.9 Å². The number of carbonyl (C=O) groups excluding carboxylic acids is 1. The molecular formula is C17H23N3O2S. The molecule has 1 aromatic heterocycles. The Balaban J connectivity index is 1.88. The van der Waals surface area contributed by atoms with E-state index in [2.05, 4.69) is 15.2 Å². The van der Waals surface area contributed by atoms with Crippen molar-refractivity contribution in [1.82, 2.24) is 9.88 Å². The van der Waals surface area contributed by atoms with Crippen LogP contribution in [-0.4, -0.2) is 36.0 Å². The van der Waals surface area contributed by atoms with Gasteiger partial charge in [0, 0.05) is 17.6 Å². The first-order valence-electron chi connectivity index (χ1n) is 7.57. The number of thiazole rings is 1. The maximum Gasteiger partial charge on any atom is 0.230 e. The summed E-state index contributed by atoms with van der Waals surface area (Å²) in [6.07, 6.45) is 0.422. The summed E-state index contributed by atoms with van der Waals surface area (Å²) in [5, 5.41) is 5.84. The normalized spacial score (nSPS) is 11.0. The van der Waals surface area contributed by atoms with Gasteiger partial charge in [0.1, 0.15) is 10.8 Å². The SMILES string of the molecule is CC(C)Oc1ccc(NC(=O)Cc2csc(CN(C)C)n2)cc1. The molecule has 2 rings (SSSR count). The summed E-state index contributed by atoms with van der Waals surface area (Å²) in [5.74, 6) is 0.732. The summed E-state index contributed by atoms with van der Waals surface area (Å²) in [4.78, 5) is 18.6. The van der Waals surface area contributed by atoms with Crippen molar-refractivity contribution in [1.29, 1.82) is 0 Å². The van der Waals surface area contributed by atoms with Gasteiger partial charge in [-0.2, -0.15) is 0 Å². The van der Waals surface area contributed by atoms with E-state index in [1.807, 2.05) is 57.6 Å². The Morgan fingerprint density at radius 2 is 2.00 bits per heavy atom. The molecular weight excluding hydrogens is 310 g/mol. The Morgan fingerprint density at radius 1 is 1.30 bits per heavy atom. The van der Waals surface area contributed by atoms with E-state index in [9.17, 15) is 4.79 Å². The average molecular weight is 333 g/mol. The highest BCUT2D eigenvalue weighted by molar-refractivity contribution is 7.09. The van der Waals surface area contributed by atoms with Crippen molar-refractivity contribution in [2.24, 2.45) is 0 Å². The van der Waals surface area contributed by atoms with Crippen molar-refractivity contribution in [3.05, 3.63) is 40.3 Å². The molecule has 124 valence electrons. The van der Waals surface area contributed by atoms with E-state index < -0.39 is 0 Å². The zero-order valence-electron chi connectivity index (χ0n) is 14.0. The van der Waals surface area contributed by atoms with Crippen molar-refractivity contribution in [2.45, 2.75) is 32.9 Å². The van der Waals surface area contributed by atoms with Crippen LogP contribution in [-0.2, 0) is 17.8 Å². The number of carbonyl (C=O) groups is 1. The number of hydrogen-bond acceptors (Lipinski definition) is 5. The fraction of sp³-hybridized carbons (Fsp3) is 0.412. The van der Waals surface area contributed by atoms with E-state index in [1.165, 1.54) is 0 Å². The van der Waals surface area contributed by atoms with Crippen LogP contribution in [0.5, 0.6) is 5.75 Å². The zero-order chi connectivity index (χ0) is 16.8. The number of amides is 1. The Labute approximate surface area is 141 Å². The van der Waals surface area contributed by atoms with Gasteiger partial charge in [0.2, 0.25) is 5.91 Å². The van der Waals surface area contributed by atoms with Gasteiger partial charge in [0.25, 0.3) is 0 Å². The van der Waals surface area contributed by atoms with Gasteiger partial charge in [-0.15, -0.1) is 11.3 Å². The monoisotopic (exact) mass is 333 g/mol. The van der Waals surface area contributed by atoms with Crippen molar-refractivity contribution in [2.75, 3.05) is 19.4 Å². The molecule has 0 saturated heterocycles. The molecule has 0 aliphatic carbocycles. The second kappa shape index (κ2) is 8.08. The Bertz CT molecular complexity index is 636. The number of benzene rings is 1. The average Bonchev–Trinajstić information content (AvgIpc) is 2.86. The summed E-state index contributed by atoms with van der Waals surface area (Å²) >= 11 is 1.58. The molecule has 0 saturated carbocycles. The van der Waals surface area contributed by atoms with Crippen molar-refractivity contribution < 1.29 is 9.53 Å². The zero-order valence-corrected chi connectivity index (χ0v) is 14.8. The predicted molar refractivity (Wildman–Crippen MR) is 94.0 cm³/mol. The van der Waals surface area contributed by atoms with Gasteiger partial charge in [0.05, 0.1) is 18.2 Å². The molecule has 5 nitrogen and oxygen atoms in total. The highest BCUT2D eigenvalue weighted by Gasteiger charge is 2.09.